The highest BCUT2D eigenvalue weighted by Crippen LogP contribution is 2.44. The Morgan fingerprint density at radius 3 is 2.67 bits per heavy atom. The number of nitrogens with one attached hydrogen (secondary N) is 1. The standard InChI is InChI=1S/C16H16N4O/c1-9(2)14-13-12(10-6-4-3-5-7-10)11(8-17)15(18)21-16(13)20-19-14/h3-7,9,12H,18H2,1-2H3,(H,19,20). The first kappa shape index (κ1) is 13.3. The average molecular weight is 280 g/mol. The molecule has 1 aliphatic heterocycles. The van der Waals surface area contributed by atoms with E-state index in [1.165, 1.54) is 0 Å². The maximum atomic E-state index is 9.49. The van der Waals surface area contributed by atoms with Crippen LogP contribution < -0.4 is 10.5 Å². The van der Waals surface area contributed by atoms with Gasteiger partial charge in [0.1, 0.15) is 11.6 Å². The van der Waals surface area contributed by atoms with Gasteiger partial charge in [-0.15, -0.1) is 5.10 Å². The summed E-state index contributed by atoms with van der Waals surface area (Å²) in [7, 11) is 0. The van der Waals surface area contributed by atoms with Gasteiger partial charge >= 0.3 is 0 Å². The summed E-state index contributed by atoms with van der Waals surface area (Å²) in [5.74, 6) is 0.594. The van der Waals surface area contributed by atoms with Gasteiger partial charge in [0.15, 0.2) is 0 Å². The number of rotatable bonds is 2. The number of aromatic amines is 1. The van der Waals surface area contributed by atoms with E-state index in [-0.39, 0.29) is 17.7 Å². The fourth-order valence-corrected chi connectivity index (χ4v) is 2.69. The molecule has 0 spiro atoms. The molecule has 0 fully saturated rings. The minimum Gasteiger partial charge on any atom is -0.420 e. The zero-order chi connectivity index (χ0) is 15.0. The van der Waals surface area contributed by atoms with Gasteiger partial charge in [0.05, 0.1) is 11.5 Å². The number of allylic oxidation sites excluding steroid dienone is 1. The molecule has 1 unspecified atom stereocenters. The van der Waals surface area contributed by atoms with E-state index < -0.39 is 0 Å². The van der Waals surface area contributed by atoms with Gasteiger partial charge in [0.2, 0.25) is 11.8 Å². The summed E-state index contributed by atoms with van der Waals surface area (Å²) in [6.45, 7) is 4.15. The molecule has 3 N–H and O–H groups in total. The van der Waals surface area contributed by atoms with Crippen LogP contribution in [0.1, 0.15) is 42.5 Å². The second-order valence-corrected chi connectivity index (χ2v) is 5.35. The van der Waals surface area contributed by atoms with Gasteiger partial charge in [0.25, 0.3) is 0 Å². The van der Waals surface area contributed by atoms with Crippen LogP contribution in [0, 0.1) is 11.3 Å². The highest BCUT2D eigenvalue weighted by atomic mass is 16.5. The summed E-state index contributed by atoms with van der Waals surface area (Å²) in [5, 5.41) is 16.7. The van der Waals surface area contributed by atoms with Crippen LogP contribution >= 0.6 is 0 Å². The second kappa shape index (κ2) is 4.98. The number of ether oxygens (including phenoxy) is 1. The smallest absolute Gasteiger partial charge is 0.244 e. The van der Waals surface area contributed by atoms with Gasteiger partial charge in [0, 0.05) is 5.69 Å². The molecule has 5 nitrogen and oxygen atoms in total. The largest absolute Gasteiger partial charge is 0.420 e. The zero-order valence-electron chi connectivity index (χ0n) is 11.9. The number of nitrogens with two attached hydrogens (primary N) is 1. The Bertz CT molecular complexity index is 737. The third-order valence-electron chi connectivity index (χ3n) is 3.68. The molecule has 0 radical (unpaired) electrons. The molecular formula is C16H16N4O. The molecule has 0 amide bonds. The van der Waals surface area contributed by atoms with Crippen LogP contribution in [0.15, 0.2) is 41.8 Å². The van der Waals surface area contributed by atoms with Crippen LogP contribution in [-0.2, 0) is 0 Å². The minimum absolute atomic E-state index is 0.126. The maximum absolute atomic E-state index is 9.49. The lowest BCUT2D eigenvalue weighted by Crippen LogP contribution is -2.21. The summed E-state index contributed by atoms with van der Waals surface area (Å²) in [5.41, 5.74) is 9.21. The molecule has 106 valence electrons. The van der Waals surface area contributed by atoms with Gasteiger partial charge in [-0.3, -0.25) is 5.10 Å². The zero-order valence-corrected chi connectivity index (χ0v) is 11.9. The molecule has 0 saturated heterocycles. The summed E-state index contributed by atoms with van der Waals surface area (Å²) >= 11 is 0. The van der Waals surface area contributed by atoms with Crippen molar-refractivity contribution in [3.8, 4) is 11.9 Å². The van der Waals surface area contributed by atoms with E-state index in [1.54, 1.807) is 0 Å². The summed E-state index contributed by atoms with van der Waals surface area (Å²) in [6.07, 6.45) is 0. The molecule has 2 aromatic rings. The van der Waals surface area contributed by atoms with Crippen LogP contribution in [0.4, 0.5) is 0 Å². The van der Waals surface area contributed by atoms with Crippen molar-refractivity contribution in [1.82, 2.24) is 10.2 Å². The highest BCUT2D eigenvalue weighted by Gasteiger charge is 2.35. The van der Waals surface area contributed by atoms with Gasteiger partial charge in [-0.1, -0.05) is 44.2 Å². The fourth-order valence-electron chi connectivity index (χ4n) is 2.69. The Kier molecular flexibility index (Phi) is 3.15. The molecule has 3 rings (SSSR count). The number of nitrogens with zero attached hydrogens (tertiary/aromatic N) is 2. The van der Waals surface area contributed by atoms with Crippen molar-refractivity contribution in [2.75, 3.05) is 0 Å². The van der Waals surface area contributed by atoms with Crippen LogP contribution in [0.5, 0.6) is 5.88 Å². The van der Waals surface area contributed by atoms with E-state index in [1.807, 2.05) is 30.3 Å². The summed E-state index contributed by atoms with van der Waals surface area (Å²) in [6, 6.07) is 12.0. The second-order valence-electron chi connectivity index (χ2n) is 5.35. The normalized spacial score (nSPS) is 17.3. The molecule has 1 aromatic heterocycles. The van der Waals surface area contributed by atoms with Crippen molar-refractivity contribution in [2.45, 2.75) is 25.7 Å². The molecule has 0 saturated carbocycles. The van der Waals surface area contributed by atoms with Crippen molar-refractivity contribution in [3.63, 3.8) is 0 Å². The van der Waals surface area contributed by atoms with Crippen LogP contribution in [-0.4, -0.2) is 10.2 Å². The van der Waals surface area contributed by atoms with E-state index in [4.69, 9.17) is 10.5 Å². The fraction of sp³-hybridized carbons (Fsp3) is 0.250. The molecule has 1 atom stereocenters. The highest BCUT2D eigenvalue weighted by molar-refractivity contribution is 5.55. The molecule has 1 aliphatic rings. The lowest BCUT2D eigenvalue weighted by Gasteiger charge is -2.24. The van der Waals surface area contributed by atoms with Crippen LogP contribution in [0.3, 0.4) is 0 Å². The van der Waals surface area contributed by atoms with Crippen LogP contribution in [0.2, 0.25) is 0 Å². The topological polar surface area (TPSA) is 87.7 Å². The molecule has 5 heteroatoms. The molecule has 0 aliphatic carbocycles. The number of hydrogen-bond donors (Lipinski definition) is 2. The maximum Gasteiger partial charge on any atom is 0.244 e. The Morgan fingerprint density at radius 2 is 2.05 bits per heavy atom. The Morgan fingerprint density at radius 1 is 1.33 bits per heavy atom. The summed E-state index contributed by atoms with van der Waals surface area (Å²) in [4.78, 5) is 0. The van der Waals surface area contributed by atoms with Crippen molar-refractivity contribution < 1.29 is 4.74 Å². The molecular weight excluding hydrogens is 264 g/mol. The first-order chi connectivity index (χ1) is 10.1. The molecule has 1 aromatic carbocycles. The number of H-pyrrole nitrogens is 1. The van der Waals surface area contributed by atoms with Gasteiger partial charge in [-0.25, -0.2) is 0 Å². The van der Waals surface area contributed by atoms with Crippen molar-refractivity contribution >= 4 is 0 Å². The van der Waals surface area contributed by atoms with E-state index in [2.05, 4.69) is 30.1 Å². The van der Waals surface area contributed by atoms with Gasteiger partial charge in [-0.05, 0) is 11.5 Å². The number of hydrogen-bond acceptors (Lipinski definition) is 4. The predicted molar refractivity (Wildman–Crippen MR) is 78.4 cm³/mol. The third kappa shape index (κ3) is 2.05. The third-order valence-corrected chi connectivity index (χ3v) is 3.68. The molecule has 21 heavy (non-hydrogen) atoms. The van der Waals surface area contributed by atoms with E-state index >= 15 is 0 Å². The monoisotopic (exact) mass is 280 g/mol. The first-order valence-electron chi connectivity index (χ1n) is 6.84. The lowest BCUT2D eigenvalue weighted by atomic mass is 9.82. The number of nitriles is 1. The Hall–Kier alpha value is -2.74. The molecule has 2 heterocycles. The first-order valence-corrected chi connectivity index (χ1v) is 6.84. The van der Waals surface area contributed by atoms with Gasteiger partial charge in [-0.2, -0.15) is 5.26 Å². The number of benzene rings is 1. The van der Waals surface area contributed by atoms with Crippen molar-refractivity contribution in [3.05, 3.63) is 58.6 Å². The SMILES string of the molecule is CC(C)c1[nH]nc2c1C(c1ccccc1)C(C#N)=C(N)O2. The average Bonchev–Trinajstić information content (AvgIpc) is 2.90. The van der Waals surface area contributed by atoms with Gasteiger partial charge < -0.3 is 10.5 Å². The van der Waals surface area contributed by atoms with Crippen molar-refractivity contribution in [1.29, 1.82) is 5.26 Å². The predicted octanol–water partition coefficient (Wildman–Crippen LogP) is 2.75. The van der Waals surface area contributed by atoms with E-state index in [9.17, 15) is 5.26 Å². The lowest BCUT2D eigenvalue weighted by molar-refractivity contribution is 0.378. The Labute approximate surface area is 123 Å². The van der Waals surface area contributed by atoms with Crippen molar-refractivity contribution in [2.24, 2.45) is 5.73 Å². The van der Waals surface area contributed by atoms with E-state index in [0.29, 0.717) is 11.5 Å². The minimum atomic E-state index is -0.240. The quantitative estimate of drug-likeness (QED) is 0.885. The summed E-state index contributed by atoms with van der Waals surface area (Å²) < 4.78 is 5.51. The number of aromatic nitrogens is 2. The molecule has 0 bridgehead atoms. The number of fused-ring (bicyclic) bond motifs is 1. The van der Waals surface area contributed by atoms with E-state index in [0.717, 1.165) is 16.8 Å². The van der Waals surface area contributed by atoms with Crippen LogP contribution in [0.25, 0.3) is 0 Å². The Balaban J connectivity index is 2.25.